The summed E-state index contributed by atoms with van der Waals surface area (Å²) in [6, 6.07) is 4.50. The van der Waals surface area contributed by atoms with Crippen molar-refractivity contribution in [3.63, 3.8) is 0 Å². The molecule has 1 rings (SSSR count). The molecule has 0 fully saturated rings. The van der Waals surface area contributed by atoms with E-state index in [4.69, 9.17) is 12.2 Å². The van der Waals surface area contributed by atoms with Crippen LogP contribution in [0.4, 0.5) is 5.69 Å². The number of hydrogen-bond donors (Lipinski definition) is 2. The molecule has 1 aromatic carbocycles. The van der Waals surface area contributed by atoms with Gasteiger partial charge in [0.1, 0.15) is 0 Å². The van der Waals surface area contributed by atoms with Gasteiger partial charge < -0.3 is 5.73 Å². The van der Waals surface area contributed by atoms with Gasteiger partial charge in [-0.15, -0.1) is 12.3 Å². The van der Waals surface area contributed by atoms with Crippen molar-refractivity contribution in [2.24, 2.45) is 0 Å². The van der Waals surface area contributed by atoms with Gasteiger partial charge in [0, 0.05) is 23.1 Å². The molecule has 0 bridgehead atoms. The smallest absolute Gasteiger partial charge is 0.240 e. The third kappa shape index (κ3) is 4.04. The Morgan fingerprint density at radius 2 is 2.18 bits per heavy atom. The summed E-state index contributed by atoms with van der Waals surface area (Å²) in [7, 11) is -3.50. The molecule has 0 unspecified atom stereocenters. The molecule has 0 heterocycles. The second kappa shape index (κ2) is 6.05. The van der Waals surface area contributed by atoms with Crippen molar-refractivity contribution in [2.75, 3.05) is 12.3 Å². The number of terminal acetylenes is 1. The molecular weight excluding hydrogens is 304 g/mol. The van der Waals surface area contributed by atoms with Crippen molar-refractivity contribution in [1.29, 1.82) is 0 Å². The first-order valence-corrected chi connectivity index (χ1v) is 7.23. The Hall–Kier alpha value is -1.03. The Bertz CT molecular complexity index is 535. The first-order valence-electron chi connectivity index (χ1n) is 4.95. The van der Waals surface area contributed by atoms with Gasteiger partial charge >= 0.3 is 0 Å². The lowest BCUT2D eigenvalue weighted by Crippen LogP contribution is -2.24. The van der Waals surface area contributed by atoms with Gasteiger partial charge in [-0.25, -0.2) is 13.1 Å². The zero-order valence-electron chi connectivity index (χ0n) is 9.11. The highest BCUT2D eigenvalue weighted by Crippen LogP contribution is 2.22. The fourth-order valence-electron chi connectivity index (χ4n) is 1.17. The van der Waals surface area contributed by atoms with Crippen LogP contribution in [0.1, 0.15) is 12.8 Å². The van der Waals surface area contributed by atoms with Crippen LogP contribution >= 0.6 is 15.9 Å². The van der Waals surface area contributed by atoms with Gasteiger partial charge in [0.25, 0.3) is 0 Å². The van der Waals surface area contributed by atoms with Crippen LogP contribution in [0.15, 0.2) is 27.6 Å². The molecule has 0 spiro atoms. The third-order valence-corrected chi connectivity index (χ3v) is 4.25. The summed E-state index contributed by atoms with van der Waals surface area (Å²) in [6.45, 7) is 0.322. The van der Waals surface area contributed by atoms with Crippen LogP contribution in [0.25, 0.3) is 0 Å². The summed E-state index contributed by atoms with van der Waals surface area (Å²) in [4.78, 5) is 0.152. The summed E-state index contributed by atoms with van der Waals surface area (Å²) in [5.41, 5.74) is 6.01. The van der Waals surface area contributed by atoms with Crippen molar-refractivity contribution in [1.82, 2.24) is 4.72 Å². The summed E-state index contributed by atoms with van der Waals surface area (Å²) in [5, 5.41) is 0. The Balaban J connectivity index is 2.76. The Morgan fingerprint density at radius 1 is 1.47 bits per heavy atom. The molecule has 0 aliphatic rings. The van der Waals surface area contributed by atoms with Crippen LogP contribution < -0.4 is 10.5 Å². The van der Waals surface area contributed by atoms with Crippen LogP contribution in [-0.2, 0) is 10.0 Å². The van der Waals surface area contributed by atoms with Gasteiger partial charge in [0.05, 0.1) is 4.90 Å². The van der Waals surface area contributed by atoms with Crippen molar-refractivity contribution >= 4 is 31.6 Å². The number of nitrogens with two attached hydrogens (primary N) is 1. The Kier molecular flexibility index (Phi) is 5.00. The van der Waals surface area contributed by atoms with Crippen molar-refractivity contribution in [3.05, 3.63) is 22.7 Å². The van der Waals surface area contributed by atoms with E-state index in [1.807, 2.05) is 0 Å². The topological polar surface area (TPSA) is 72.2 Å². The Labute approximate surface area is 110 Å². The predicted molar refractivity (Wildman–Crippen MR) is 71.8 cm³/mol. The molecule has 0 saturated heterocycles. The van der Waals surface area contributed by atoms with Crippen molar-refractivity contribution in [3.8, 4) is 12.3 Å². The molecule has 0 aromatic heterocycles. The molecule has 1 aromatic rings. The molecule has 0 saturated carbocycles. The first-order chi connectivity index (χ1) is 7.97. The van der Waals surface area contributed by atoms with E-state index in [0.29, 0.717) is 29.5 Å². The standard InChI is InChI=1S/C11H13BrN2O2S/c1-2-3-4-7-14-17(15,16)9-5-6-10(12)11(13)8-9/h1,5-6,8,14H,3-4,7,13H2. The lowest BCUT2D eigenvalue weighted by atomic mass is 10.3. The largest absolute Gasteiger partial charge is 0.398 e. The van der Waals surface area contributed by atoms with Crippen LogP contribution in [0.2, 0.25) is 0 Å². The minimum absolute atomic E-state index is 0.152. The monoisotopic (exact) mass is 316 g/mol. The quantitative estimate of drug-likeness (QED) is 0.493. The molecular formula is C11H13BrN2O2S. The molecule has 17 heavy (non-hydrogen) atoms. The van der Waals surface area contributed by atoms with E-state index in [-0.39, 0.29) is 4.90 Å². The van der Waals surface area contributed by atoms with E-state index in [1.165, 1.54) is 12.1 Å². The third-order valence-electron chi connectivity index (χ3n) is 2.07. The van der Waals surface area contributed by atoms with Crippen LogP contribution in [0, 0.1) is 12.3 Å². The molecule has 92 valence electrons. The van der Waals surface area contributed by atoms with Crippen LogP contribution in [-0.4, -0.2) is 15.0 Å². The fourth-order valence-corrected chi connectivity index (χ4v) is 2.52. The molecule has 4 nitrogen and oxygen atoms in total. The predicted octanol–water partition coefficient (Wildman–Crippen LogP) is 1.72. The maximum atomic E-state index is 11.8. The maximum Gasteiger partial charge on any atom is 0.240 e. The van der Waals surface area contributed by atoms with E-state index >= 15 is 0 Å². The summed E-state index contributed by atoms with van der Waals surface area (Å²) >= 11 is 3.21. The number of nitrogens with one attached hydrogen (secondary N) is 1. The summed E-state index contributed by atoms with van der Waals surface area (Å²) < 4.78 is 26.8. The zero-order chi connectivity index (χ0) is 12.9. The average Bonchev–Trinajstić information content (AvgIpc) is 2.28. The van der Waals surface area contributed by atoms with E-state index in [1.54, 1.807) is 6.07 Å². The molecule has 0 aliphatic heterocycles. The molecule has 0 amide bonds. The Morgan fingerprint density at radius 3 is 2.76 bits per heavy atom. The SMILES string of the molecule is C#CCCCNS(=O)(=O)c1ccc(Br)c(N)c1. The van der Waals surface area contributed by atoms with E-state index < -0.39 is 10.0 Å². The lowest BCUT2D eigenvalue weighted by molar-refractivity contribution is 0.579. The van der Waals surface area contributed by atoms with Gasteiger partial charge in [0.15, 0.2) is 0 Å². The fraction of sp³-hybridized carbons (Fsp3) is 0.273. The lowest BCUT2D eigenvalue weighted by Gasteiger charge is -2.07. The molecule has 6 heteroatoms. The van der Waals surface area contributed by atoms with Gasteiger partial charge in [-0.3, -0.25) is 0 Å². The highest BCUT2D eigenvalue weighted by Gasteiger charge is 2.13. The van der Waals surface area contributed by atoms with Crippen molar-refractivity contribution in [2.45, 2.75) is 17.7 Å². The highest BCUT2D eigenvalue weighted by atomic mass is 79.9. The minimum Gasteiger partial charge on any atom is -0.398 e. The number of rotatable bonds is 5. The summed E-state index contributed by atoms with van der Waals surface area (Å²) in [5.74, 6) is 2.45. The normalized spacial score (nSPS) is 11.1. The number of unbranched alkanes of at least 4 members (excludes halogenated alkanes) is 1. The first kappa shape index (κ1) is 14.0. The minimum atomic E-state index is -3.50. The maximum absolute atomic E-state index is 11.8. The second-order valence-electron chi connectivity index (χ2n) is 3.39. The average molecular weight is 317 g/mol. The van der Waals surface area contributed by atoms with Crippen LogP contribution in [0.5, 0.6) is 0 Å². The van der Waals surface area contributed by atoms with Gasteiger partial charge in [-0.2, -0.15) is 0 Å². The van der Waals surface area contributed by atoms with E-state index in [0.717, 1.165) is 0 Å². The number of hydrogen-bond acceptors (Lipinski definition) is 3. The number of halogens is 1. The molecule has 3 N–H and O–H groups in total. The number of nitrogen functional groups attached to an aromatic ring is 1. The second-order valence-corrected chi connectivity index (χ2v) is 6.01. The number of sulfonamides is 1. The van der Waals surface area contributed by atoms with Gasteiger partial charge in [-0.05, 0) is 40.5 Å². The van der Waals surface area contributed by atoms with E-state index in [2.05, 4.69) is 26.6 Å². The highest BCUT2D eigenvalue weighted by molar-refractivity contribution is 9.10. The van der Waals surface area contributed by atoms with Crippen molar-refractivity contribution < 1.29 is 8.42 Å². The van der Waals surface area contributed by atoms with Gasteiger partial charge in [0.2, 0.25) is 10.0 Å². The zero-order valence-corrected chi connectivity index (χ0v) is 11.5. The molecule has 0 radical (unpaired) electrons. The summed E-state index contributed by atoms with van der Waals surface area (Å²) in [6.07, 6.45) is 6.24. The number of benzene rings is 1. The number of anilines is 1. The molecule has 0 aliphatic carbocycles. The van der Waals surface area contributed by atoms with E-state index in [9.17, 15) is 8.42 Å². The molecule has 0 atom stereocenters. The van der Waals surface area contributed by atoms with Gasteiger partial charge in [-0.1, -0.05) is 0 Å². The van der Waals surface area contributed by atoms with Crippen LogP contribution in [0.3, 0.4) is 0 Å².